The average Bonchev–Trinajstić information content (AvgIpc) is 2.35. The van der Waals surface area contributed by atoms with Gasteiger partial charge in [-0.15, -0.1) is 0 Å². The maximum Gasteiger partial charge on any atom is 0.406 e. The summed E-state index contributed by atoms with van der Waals surface area (Å²) in [7, 11) is 1.35. The maximum atomic E-state index is 10.8. The second-order valence-electron chi connectivity index (χ2n) is 4.92. The second-order valence-corrected chi connectivity index (χ2v) is 4.92. The molecule has 100 valence electrons. The Hall–Kier alpha value is -0.810. The van der Waals surface area contributed by atoms with E-state index in [2.05, 4.69) is 15.4 Å². The summed E-state index contributed by atoms with van der Waals surface area (Å²) in [6, 6.07) is 0. The predicted octanol–water partition coefficient (Wildman–Crippen LogP) is 0.873. The first-order valence-corrected chi connectivity index (χ1v) is 6.31. The first kappa shape index (κ1) is 14.3. The fourth-order valence-electron chi connectivity index (χ4n) is 2.30. The van der Waals surface area contributed by atoms with E-state index in [1.807, 2.05) is 6.92 Å². The zero-order valence-corrected chi connectivity index (χ0v) is 10.8. The second kappa shape index (κ2) is 6.81. The van der Waals surface area contributed by atoms with Crippen LogP contribution in [0.3, 0.4) is 0 Å². The van der Waals surface area contributed by atoms with Crippen molar-refractivity contribution in [2.45, 2.75) is 38.2 Å². The number of rotatable bonds is 5. The molecule has 2 atom stereocenters. The van der Waals surface area contributed by atoms with E-state index < -0.39 is 11.7 Å². The van der Waals surface area contributed by atoms with E-state index in [1.165, 1.54) is 7.11 Å². The third-order valence-electron chi connectivity index (χ3n) is 3.49. The van der Waals surface area contributed by atoms with Crippen LogP contribution in [0.4, 0.5) is 4.79 Å². The van der Waals surface area contributed by atoms with E-state index in [0.29, 0.717) is 18.9 Å². The normalized spacial score (nSPS) is 23.8. The largest absolute Gasteiger partial charge is 0.453 e. The van der Waals surface area contributed by atoms with Crippen LogP contribution < -0.4 is 10.6 Å². The summed E-state index contributed by atoms with van der Waals surface area (Å²) in [6.07, 6.45) is 3.25. The van der Waals surface area contributed by atoms with Crippen molar-refractivity contribution in [3.05, 3.63) is 0 Å². The number of carbonyl (C=O) groups excluding carboxylic acids is 1. The van der Waals surface area contributed by atoms with Gasteiger partial charge in [-0.1, -0.05) is 0 Å². The van der Waals surface area contributed by atoms with Gasteiger partial charge in [0, 0.05) is 13.1 Å². The quantitative estimate of drug-likeness (QED) is 0.628. The van der Waals surface area contributed by atoms with Gasteiger partial charge in [-0.25, -0.2) is 4.79 Å². The maximum absolute atomic E-state index is 10.8. The minimum Gasteiger partial charge on any atom is -0.453 e. The Morgan fingerprint density at radius 1 is 1.65 bits per heavy atom. The lowest BCUT2D eigenvalue weighted by atomic mass is 9.80. The molecule has 0 aromatic carbocycles. The topological polar surface area (TPSA) is 70.6 Å². The Labute approximate surface area is 103 Å². The van der Waals surface area contributed by atoms with E-state index >= 15 is 0 Å². The van der Waals surface area contributed by atoms with Crippen molar-refractivity contribution in [3.63, 3.8) is 0 Å². The van der Waals surface area contributed by atoms with Gasteiger partial charge < -0.3 is 20.5 Å². The number of nitrogens with one attached hydrogen (secondary N) is 2. The summed E-state index contributed by atoms with van der Waals surface area (Å²) in [5, 5.41) is 16.3. The Bertz CT molecular complexity index is 238. The molecule has 3 N–H and O–H groups in total. The van der Waals surface area contributed by atoms with E-state index in [4.69, 9.17) is 0 Å². The van der Waals surface area contributed by atoms with Gasteiger partial charge in [0.25, 0.3) is 0 Å². The van der Waals surface area contributed by atoms with Gasteiger partial charge in [0.2, 0.25) is 0 Å². The average molecular weight is 244 g/mol. The number of ether oxygens (including phenoxy) is 1. The summed E-state index contributed by atoms with van der Waals surface area (Å²) >= 11 is 0. The molecule has 1 rings (SSSR count). The minimum atomic E-state index is -0.648. The van der Waals surface area contributed by atoms with Crippen LogP contribution in [0.25, 0.3) is 0 Å². The number of aliphatic hydroxyl groups is 1. The van der Waals surface area contributed by atoms with Crippen LogP contribution in [0.5, 0.6) is 0 Å². The lowest BCUT2D eigenvalue weighted by Gasteiger charge is -2.36. The van der Waals surface area contributed by atoms with Crippen molar-refractivity contribution in [1.82, 2.24) is 10.6 Å². The van der Waals surface area contributed by atoms with Gasteiger partial charge in [-0.3, -0.25) is 0 Å². The Balaban J connectivity index is 2.21. The van der Waals surface area contributed by atoms with Crippen LogP contribution in [-0.2, 0) is 4.74 Å². The van der Waals surface area contributed by atoms with E-state index in [9.17, 15) is 9.90 Å². The van der Waals surface area contributed by atoms with Crippen molar-refractivity contribution in [3.8, 4) is 0 Å². The molecule has 2 unspecified atom stereocenters. The Kier molecular flexibility index (Phi) is 5.71. The molecule has 5 heteroatoms. The molecular weight excluding hydrogens is 220 g/mol. The molecule has 0 aliphatic carbocycles. The zero-order chi connectivity index (χ0) is 12.7. The first-order valence-electron chi connectivity index (χ1n) is 6.31. The van der Waals surface area contributed by atoms with Crippen LogP contribution in [0.15, 0.2) is 0 Å². The Morgan fingerprint density at radius 2 is 2.41 bits per heavy atom. The monoisotopic (exact) mass is 244 g/mol. The van der Waals surface area contributed by atoms with Crippen LogP contribution in [0, 0.1) is 5.92 Å². The van der Waals surface area contributed by atoms with Gasteiger partial charge in [0.1, 0.15) is 0 Å². The lowest BCUT2D eigenvalue weighted by Crippen LogP contribution is -2.44. The molecule has 0 spiro atoms. The molecule has 0 aromatic heterocycles. The van der Waals surface area contributed by atoms with Gasteiger partial charge in [-0.05, 0) is 45.1 Å². The highest BCUT2D eigenvalue weighted by molar-refractivity contribution is 5.66. The molecule has 1 amide bonds. The molecule has 1 saturated heterocycles. The van der Waals surface area contributed by atoms with Crippen molar-refractivity contribution >= 4 is 6.09 Å². The highest BCUT2D eigenvalue weighted by atomic mass is 16.5. The van der Waals surface area contributed by atoms with Crippen LogP contribution in [-0.4, -0.2) is 43.5 Å². The Morgan fingerprint density at radius 3 is 3.00 bits per heavy atom. The third-order valence-corrected chi connectivity index (χ3v) is 3.49. The SMILES string of the molecule is COC(=O)NCCCC(C)(O)C1CCCNC1. The molecule has 0 aromatic rings. The highest BCUT2D eigenvalue weighted by Crippen LogP contribution is 2.27. The molecule has 1 fully saturated rings. The summed E-state index contributed by atoms with van der Waals surface area (Å²) < 4.78 is 4.48. The number of carbonyl (C=O) groups is 1. The smallest absolute Gasteiger partial charge is 0.406 e. The minimum absolute atomic E-state index is 0.314. The molecule has 1 aliphatic rings. The molecule has 0 saturated carbocycles. The van der Waals surface area contributed by atoms with Crippen molar-refractivity contribution in [1.29, 1.82) is 0 Å². The van der Waals surface area contributed by atoms with Crippen LogP contribution in [0.1, 0.15) is 32.6 Å². The number of piperidine rings is 1. The molecule has 0 bridgehead atoms. The van der Waals surface area contributed by atoms with Gasteiger partial charge in [0.05, 0.1) is 12.7 Å². The number of alkyl carbamates (subject to hydrolysis) is 1. The highest BCUT2D eigenvalue weighted by Gasteiger charge is 2.32. The van der Waals surface area contributed by atoms with Crippen molar-refractivity contribution in [2.24, 2.45) is 5.92 Å². The van der Waals surface area contributed by atoms with Crippen molar-refractivity contribution in [2.75, 3.05) is 26.7 Å². The summed E-state index contributed by atoms with van der Waals surface area (Å²) in [5.41, 5.74) is -0.648. The molecule has 17 heavy (non-hydrogen) atoms. The fourth-order valence-corrected chi connectivity index (χ4v) is 2.30. The summed E-state index contributed by atoms with van der Waals surface area (Å²) in [4.78, 5) is 10.8. The fraction of sp³-hybridized carbons (Fsp3) is 0.917. The number of hydrogen-bond donors (Lipinski definition) is 3. The molecular formula is C12H24N2O3. The summed E-state index contributed by atoms with van der Waals surface area (Å²) in [5.74, 6) is 0.314. The molecule has 1 heterocycles. The first-order chi connectivity index (χ1) is 8.06. The van der Waals surface area contributed by atoms with Crippen molar-refractivity contribution < 1.29 is 14.6 Å². The van der Waals surface area contributed by atoms with E-state index in [-0.39, 0.29) is 0 Å². The number of hydrogen-bond acceptors (Lipinski definition) is 4. The predicted molar refractivity (Wildman–Crippen MR) is 65.9 cm³/mol. The lowest BCUT2D eigenvalue weighted by molar-refractivity contribution is -0.0193. The molecule has 1 aliphatic heterocycles. The van der Waals surface area contributed by atoms with Gasteiger partial charge in [-0.2, -0.15) is 0 Å². The number of amides is 1. The van der Waals surface area contributed by atoms with Crippen LogP contribution >= 0.6 is 0 Å². The molecule has 0 radical (unpaired) electrons. The summed E-state index contributed by atoms with van der Waals surface area (Å²) in [6.45, 7) is 4.37. The van der Waals surface area contributed by atoms with Gasteiger partial charge in [0.15, 0.2) is 0 Å². The zero-order valence-electron chi connectivity index (χ0n) is 10.8. The molecule has 5 nitrogen and oxygen atoms in total. The number of methoxy groups -OCH3 is 1. The third kappa shape index (κ3) is 4.91. The standard InChI is InChI=1S/C12H24N2O3/c1-12(16,10-5-3-7-13-9-10)6-4-8-14-11(15)17-2/h10,13,16H,3-9H2,1-2H3,(H,14,15). The van der Waals surface area contributed by atoms with Gasteiger partial charge >= 0.3 is 6.09 Å². The van der Waals surface area contributed by atoms with Crippen LogP contribution in [0.2, 0.25) is 0 Å². The van der Waals surface area contributed by atoms with E-state index in [0.717, 1.165) is 32.4 Å². The van der Waals surface area contributed by atoms with E-state index in [1.54, 1.807) is 0 Å².